The standard InChI is InChI=1S/C26H23F3O2/c1-3-5-16-6-8-17(9-7-16)10-11-18-14-20-15-19-12-13-21(30-4-2)23(28)25(19)31-26(20)24(29)22(18)27/h6-14H,3-5,15H2,1-2H3/b11-10+. The molecule has 160 valence electrons. The van der Waals surface area contributed by atoms with Crippen LogP contribution in [0.4, 0.5) is 13.2 Å². The van der Waals surface area contributed by atoms with E-state index < -0.39 is 17.5 Å². The van der Waals surface area contributed by atoms with Gasteiger partial charge in [0, 0.05) is 23.1 Å². The van der Waals surface area contributed by atoms with Crippen molar-refractivity contribution in [2.24, 2.45) is 0 Å². The summed E-state index contributed by atoms with van der Waals surface area (Å²) in [6.07, 6.45) is 5.59. The second-order valence-corrected chi connectivity index (χ2v) is 7.48. The Balaban J connectivity index is 1.64. The van der Waals surface area contributed by atoms with Gasteiger partial charge in [0.25, 0.3) is 0 Å². The zero-order valence-electron chi connectivity index (χ0n) is 17.5. The molecular weight excluding hydrogens is 401 g/mol. The van der Waals surface area contributed by atoms with Crippen molar-refractivity contribution in [1.29, 1.82) is 0 Å². The van der Waals surface area contributed by atoms with Gasteiger partial charge in [0.1, 0.15) is 0 Å². The molecule has 0 atom stereocenters. The quantitative estimate of drug-likeness (QED) is 0.302. The lowest BCUT2D eigenvalue weighted by atomic mass is 9.97. The van der Waals surface area contributed by atoms with Gasteiger partial charge in [-0.15, -0.1) is 0 Å². The fraction of sp³-hybridized carbons (Fsp3) is 0.231. The topological polar surface area (TPSA) is 18.5 Å². The third kappa shape index (κ3) is 4.18. The second-order valence-electron chi connectivity index (χ2n) is 7.48. The normalized spacial score (nSPS) is 12.4. The molecule has 5 heteroatoms. The SMILES string of the molecule is CCCc1ccc(/C=C/c2cc3c(c(F)c2F)Oc2c(ccc(OCC)c2F)C3)cc1. The number of rotatable bonds is 6. The number of halogens is 3. The van der Waals surface area contributed by atoms with Crippen molar-refractivity contribution >= 4 is 12.2 Å². The van der Waals surface area contributed by atoms with Crippen molar-refractivity contribution in [3.63, 3.8) is 0 Å². The van der Waals surface area contributed by atoms with Crippen LogP contribution in [0.1, 0.15) is 48.1 Å². The molecule has 1 aliphatic heterocycles. The highest BCUT2D eigenvalue weighted by Crippen LogP contribution is 2.43. The Morgan fingerprint density at radius 3 is 2.32 bits per heavy atom. The summed E-state index contributed by atoms with van der Waals surface area (Å²) in [6.45, 7) is 4.14. The van der Waals surface area contributed by atoms with E-state index >= 15 is 0 Å². The van der Waals surface area contributed by atoms with E-state index in [9.17, 15) is 13.2 Å². The molecule has 0 bridgehead atoms. The molecule has 2 nitrogen and oxygen atoms in total. The molecule has 3 aromatic carbocycles. The van der Waals surface area contributed by atoms with Crippen LogP contribution in [0.5, 0.6) is 17.2 Å². The number of hydrogen-bond acceptors (Lipinski definition) is 2. The van der Waals surface area contributed by atoms with E-state index in [1.165, 1.54) is 11.6 Å². The van der Waals surface area contributed by atoms with Gasteiger partial charge in [-0.2, -0.15) is 8.78 Å². The summed E-state index contributed by atoms with van der Waals surface area (Å²) in [5.74, 6) is -3.23. The molecule has 0 saturated carbocycles. The maximum Gasteiger partial charge on any atom is 0.207 e. The first-order valence-electron chi connectivity index (χ1n) is 10.4. The van der Waals surface area contributed by atoms with Gasteiger partial charge in [-0.3, -0.25) is 0 Å². The molecule has 0 spiro atoms. The van der Waals surface area contributed by atoms with Gasteiger partial charge in [0.2, 0.25) is 11.6 Å². The molecule has 0 saturated heterocycles. The first kappa shape index (κ1) is 21.0. The summed E-state index contributed by atoms with van der Waals surface area (Å²) >= 11 is 0. The van der Waals surface area contributed by atoms with Crippen LogP contribution in [-0.4, -0.2) is 6.61 Å². The molecule has 0 radical (unpaired) electrons. The van der Waals surface area contributed by atoms with Gasteiger partial charge < -0.3 is 9.47 Å². The van der Waals surface area contributed by atoms with E-state index in [4.69, 9.17) is 9.47 Å². The highest BCUT2D eigenvalue weighted by Gasteiger charge is 2.28. The fourth-order valence-corrected chi connectivity index (χ4v) is 3.72. The highest BCUT2D eigenvalue weighted by atomic mass is 19.2. The predicted octanol–water partition coefficient (Wildman–Crippen LogP) is 7.32. The van der Waals surface area contributed by atoms with E-state index in [1.54, 1.807) is 31.2 Å². The third-order valence-corrected chi connectivity index (χ3v) is 5.27. The zero-order valence-corrected chi connectivity index (χ0v) is 17.5. The Labute approximate surface area is 179 Å². The minimum atomic E-state index is -1.12. The first-order valence-corrected chi connectivity index (χ1v) is 10.4. The molecule has 3 aromatic rings. The maximum absolute atomic E-state index is 14.8. The minimum absolute atomic E-state index is 0.0232. The molecule has 31 heavy (non-hydrogen) atoms. The predicted molar refractivity (Wildman–Crippen MR) is 116 cm³/mol. The molecule has 0 unspecified atom stereocenters. The summed E-state index contributed by atoms with van der Waals surface area (Å²) in [7, 11) is 0. The average Bonchev–Trinajstić information content (AvgIpc) is 2.78. The Morgan fingerprint density at radius 1 is 0.871 bits per heavy atom. The smallest absolute Gasteiger partial charge is 0.207 e. The minimum Gasteiger partial charge on any atom is -0.491 e. The van der Waals surface area contributed by atoms with E-state index in [2.05, 4.69) is 6.92 Å². The molecule has 1 heterocycles. The van der Waals surface area contributed by atoms with Crippen LogP contribution in [0.25, 0.3) is 12.2 Å². The van der Waals surface area contributed by atoms with E-state index in [0.29, 0.717) is 11.1 Å². The Morgan fingerprint density at radius 2 is 1.61 bits per heavy atom. The van der Waals surface area contributed by atoms with E-state index in [-0.39, 0.29) is 35.8 Å². The van der Waals surface area contributed by atoms with Crippen LogP contribution in [0.15, 0.2) is 42.5 Å². The van der Waals surface area contributed by atoms with Crippen molar-refractivity contribution in [1.82, 2.24) is 0 Å². The Kier molecular flexibility index (Phi) is 6.03. The number of ether oxygens (including phenoxy) is 2. The van der Waals surface area contributed by atoms with Crippen molar-refractivity contribution in [3.05, 3.63) is 87.7 Å². The number of hydrogen-bond donors (Lipinski definition) is 0. The largest absolute Gasteiger partial charge is 0.491 e. The number of benzene rings is 3. The summed E-state index contributed by atoms with van der Waals surface area (Å²) in [4.78, 5) is 0. The lowest BCUT2D eigenvalue weighted by Gasteiger charge is -2.23. The summed E-state index contributed by atoms with van der Waals surface area (Å²) in [5, 5.41) is 0. The van der Waals surface area contributed by atoms with Crippen molar-refractivity contribution in [2.75, 3.05) is 6.61 Å². The van der Waals surface area contributed by atoms with Crippen molar-refractivity contribution < 1.29 is 22.6 Å². The fourth-order valence-electron chi connectivity index (χ4n) is 3.72. The van der Waals surface area contributed by atoms with Gasteiger partial charge in [-0.25, -0.2) is 4.39 Å². The second kappa shape index (κ2) is 8.88. The average molecular weight is 424 g/mol. The van der Waals surface area contributed by atoms with Crippen LogP contribution in [0, 0.1) is 17.5 Å². The van der Waals surface area contributed by atoms with Gasteiger partial charge in [-0.1, -0.05) is 55.8 Å². The Bertz CT molecular complexity index is 1130. The van der Waals surface area contributed by atoms with Crippen LogP contribution < -0.4 is 9.47 Å². The van der Waals surface area contributed by atoms with E-state index in [0.717, 1.165) is 18.4 Å². The summed E-state index contributed by atoms with van der Waals surface area (Å²) in [6, 6.07) is 12.7. The van der Waals surface area contributed by atoms with Crippen LogP contribution in [0.3, 0.4) is 0 Å². The van der Waals surface area contributed by atoms with Crippen LogP contribution in [-0.2, 0) is 12.8 Å². The zero-order chi connectivity index (χ0) is 22.0. The molecule has 0 fully saturated rings. The molecule has 0 aliphatic carbocycles. The van der Waals surface area contributed by atoms with Crippen molar-refractivity contribution in [2.45, 2.75) is 33.1 Å². The molecular formula is C26H23F3O2. The van der Waals surface area contributed by atoms with Crippen LogP contribution in [0.2, 0.25) is 0 Å². The lowest BCUT2D eigenvalue weighted by molar-refractivity contribution is 0.309. The van der Waals surface area contributed by atoms with Gasteiger partial charge in [-0.05, 0) is 36.6 Å². The van der Waals surface area contributed by atoms with Crippen LogP contribution >= 0.6 is 0 Å². The maximum atomic E-state index is 14.8. The summed E-state index contributed by atoms with van der Waals surface area (Å²) in [5.41, 5.74) is 3.27. The lowest BCUT2D eigenvalue weighted by Crippen LogP contribution is -2.10. The third-order valence-electron chi connectivity index (χ3n) is 5.27. The monoisotopic (exact) mass is 424 g/mol. The van der Waals surface area contributed by atoms with Crippen molar-refractivity contribution in [3.8, 4) is 17.2 Å². The molecule has 4 rings (SSSR count). The number of aryl methyl sites for hydroxylation is 1. The molecule has 0 aromatic heterocycles. The molecule has 0 amide bonds. The molecule has 1 aliphatic rings. The van der Waals surface area contributed by atoms with Gasteiger partial charge in [0.05, 0.1) is 6.61 Å². The number of fused-ring (bicyclic) bond motifs is 2. The van der Waals surface area contributed by atoms with Gasteiger partial charge >= 0.3 is 0 Å². The Hall–Kier alpha value is -3.21. The first-order chi connectivity index (χ1) is 15.0. The molecule has 0 N–H and O–H groups in total. The van der Waals surface area contributed by atoms with E-state index in [1.807, 2.05) is 24.3 Å². The summed E-state index contributed by atoms with van der Waals surface area (Å²) < 4.78 is 54.9. The highest BCUT2D eigenvalue weighted by molar-refractivity contribution is 5.71. The van der Waals surface area contributed by atoms with Gasteiger partial charge in [0.15, 0.2) is 23.1 Å².